The number of furan rings is 2. The minimum Gasteiger partial charge on any atom is -0.456 e. The molecule has 0 aliphatic heterocycles. The summed E-state index contributed by atoms with van der Waals surface area (Å²) in [5.74, 6) is 0. The first-order valence-corrected chi connectivity index (χ1v) is 18.4. The second-order valence-corrected chi connectivity index (χ2v) is 15.2. The molecule has 2 nitrogen and oxygen atoms in total. The Kier molecular flexibility index (Phi) is 5.60. The molecule has 0 fully saturated rings. The number of hydrogen-bond acceptors (Lipinski definition) is 2. The van der Waals surface area contributed by atoms with E-state index >= 15 is 0 Å². The molecule has 0 saturated heterocycles. The molecule has 0 amide bonds. The maximum absolute atomic E-state index is 6.38. The van der Waals surface area contributed by atoms with Crippen LogP contribution in [0.15, 0.2) is 167 Å². The summed E-state index contributed by atoms with van der Waals surface area (Å²) in [5, 5.41) is 12.1. The molecular weight excluding hydrogens is 645 g/mol. The first kappa shape index (κ1) is 29.0. The minimum atomic E-state index is -0.131. The van der Waals surface area contributed by atoms with Crippen molar-refractivity contribution in [2.75, 3.05) is 0 Å². The summed E-state index contributed by atoms with van der Waals surface area (Å²) < 4.78 is 12.7. The van der Waals surface area contributed by atoms with Gasteiger partial charge in [0.2, 0.25) is 0 Å². The van der Waals surface area contributed by atoms with Crippen molar-refractivity contribution in [1.82, 2.24) is 0 Å². The van der Waals surface area contributed by atoms with E-state index in [4.69, 9.17) is 8.83 Å². The summed E-state index contributed by atoms with van der Waals surface area (Å²) in [4.78, 5) is 0. The normalized spacial score (nSPS) is 13.6. The second kappa shape index (κ2) is 10.2. The number of fused-ring (bicyclic) bond motifs is 13. The van der Waals surface area contributed by atoms with E-state index in [0.717, 1.165) is 44.1 Å². The average Bonchev–Trinajstić information content (AvgIpc) is 3.83. The molecule has 0 saturated carbocycles. The van der Waals surface area contributed by atoms with Gasteiger partial charge in [0, 0.05) is 27.0 Å². The fraction of sp³-hybridized carbons (Fsp3) is 0.0588. The lowest BCUT2D eigenvalue weighted by molar-refractivity contribution is 0.661. The topological polar surface area (TPSA) is 26.3 Å². The molecular formula is C51H32O2. The van der Waals surface area contributed by atoms with Crippen molar-refractivity contribution in [2.24, 2.45) is 0 Å². The number of rotatable bonds is 2. The molecule has 248 valence electrons. The fourth-order valence-electron chi connectivity index (χ4n) is 9.58. The Balaban J connectivity index is 1.11. The summed E-state index contributed by atoms with van der Waals surface area (Å²) in [6.07, 6.45) is 0. The van der Waals surface area contributed by atoms with Gasteiger partial charge in [-0.25, -0.2) is 0 Å². The zero-order valence-corrected chi connectivity index (χ0v) is 29.3. The molecule has 53 heavy (non-hydrogen) atoms. The lowest BCUT2D eigenvalue weighted by Crippen LogP contribution is -2.14. The molecule has 0 spiro atoms. The fourth-order valence-corrected chi connectivity index (χ4v) is 9.58. The van der Waals surface area contributed by atoms with E-state index in [9.17, 15) is 0 Å². The smallest absolute Gasteiger partial charge is 0.136 e. The molecule has 1 aliphatic carbocycles. The molecule has 2 aromatic heterocycles. The summed E-state index contributed by atoms with van der Waals surface area (Å²) in [7, 11) is 0. The average molecular weight is 677 g/mol. The van der Waals surface area contributed by atoms with Crippen molar-refractivity contribution in [3.05, 3.63) is 169 Å². The van der Waals surface area contributed by atoms with Crippen molar-refractivity contribution >= 4 is 76.2 Å². The SMILES string of the molecule is CC1(C)c2ccc(-c3c4ccccc4c(-c4ccc5c(c4)oc4ccccc45)c4ccccc34)cc2-c2cc3c(ccc4oc5ccccc5c43)cc21. The van der Waals surface area contributed by atoms with Crippen LogP contribution >= 0.6 is 0 Å². The third-order valence-corrected chi connectivity index (χ3v) is 12.0. The van der Waals surface area contributed by atoms with E-state index in [2.05, 4.69) is 153 Å². The molecule has 9 aromatic carbocycles. The van der Waals surface area contributed by atoms with Gasteiger partial charge in [-0.2, -0.15) is 0 Å². The van der Waals surface area contributed by atoms with Crippen LogP contribution in [0.25, 0.3) is 110 Å². The van der Waals surface area contributed by atoms with E-state index in [1.807, 2.05) is 18.2 Å². The Morgan fingerprint density at radius 3 is 1.58 bits per heavy atom. The van der Waals surface area contributed by atoms with E-state index in [1.54, 1.807) is 0 Å². The predicted octanol–water partition coefficient (Wildman–Crippen LogP) is 14.6. The molecule has 2 heteroatoms. The van der Waals surface area contributed by atoms with Crippen LogP contribution in [0.2, 0.25) is 0 Å². The lowest BCUT2D eigenvalue weighted by Gasteiger charge is -2.22. The van der Waals surface area contributed by atoms with Crippen molar-refractivity contribution in [1.29, 1.82) is 0 Å². The molecule has 0 bridgehead atoms. The highest BCUT2D eigenvalue weighted by atomic mass is 16.3. The largest absolute Gasteiger partial charge is 0.456 e. The highest BCUT2D eigenvalue weighted by molar-refractivity contribution is 6.23. The maximum Gasteiger partial charge on any atom is 0.136 e. The van der Waals surface area contributed by atoms with Gasteiger partial charge in [-0.15, -0.1) is 0 Å². The van der Waals surface area contributed by atoms with Crippen LogP contribution in [0.4, 0.5) is 0 Å². The van der Waals surface area contributed by atoms with Gasteiger partial charge < -0.3 is 8.83 Å². The summed E-state index contributed by atoms with van der Waals surface area (Å²) in [5.41, 5.74) is 13.8. The highest BCUT2D eigenvalue weighted by Crippen LogP contribution is 2.53. The standard InChI is InChI=1S/C51H32O2/c1-51(2)42-23-20-30(25-40(42)41-28-39-29(26-43(41)51)21-24-46-50(39)38-16-8-10-18-45(38)52-46)48-34-12-3-5-14-36(34)49(37-15-6-4-13-35(37)48)31-19-22-33-32-11-7-9-17-44(32)53-47(33)27-31/h3-28H,1-2H3. The summed E-state index contributed by atoms with van der Waals surface area (Å²) in [6.45, 7) is 4.74. The molecule has 2 heterocycles. The van der Waals surface area contributed by atoms with Crippen LogP contribution in [0, 0.1) is 0 Å². The second-order valence-electron chi connectivity index (χ2n) is 15.2. The molecule has 0 radical (unpaired) electrons. The van der Waals surface area contributed by atoms with Gasteiger partial charge in [0.15, 0.2) is 0 Å². The Bertz CT molecular complexity index is 3310. The van der Waals surface area contributed by atoms with Crippen LogP contribution < -0.4 is 0 Å². The Morgan fingerprint density at radius 1 is 0.358 bits per heavy atom. The van der Waals surface area contributed by atoms with Crippen LogP contribution in [0.3, 0.4) is 0 Å². The molecule has 0 N–H and O–H groups in total. The van der Waals surface area contributed by atoms with Gasteiger partial charge in [0.1, 0.15) is 22.3 Å². The lowest BCUT2D eigenvalue weighted by atomic mass is 9.81. The molecule has 12 rings (SSSR count). The van der Waals surface area contributed by atoms with Gasteiger partial charge in [0.25, 0.3) is 0 Å². The number of para-hydroxylation sites is 2. The maximum atomic E-state index is 6.38. The van der Waals surface area contributed by atoms with Crippen LogP contribution in [-0.4, -0.2) is 0 Å². The third-order valence-electron chi connectivity index (χ3n) is 12.0. The third kappa shape index (κ3) is 3.87. The van der Waals surface area contributed by atoms with Gasteiger partial charge >= 0.3 is 0 Å². The Hall–Kier alpha value is -6.64. The van der Waals surface area contributed by atoms with Crippen molar-refractivity contribution < 1.29 is 8.83 Å². The van der Waals surface area contributed by atoms with Gasteiger partial charge in [0.05, 0.1) is 0 Å². The minimum absolute atomic E-state index is 0.131. The number of benzene rings is 9. The molecule has 0 unspecified atom stereocenters. The summed E-state index contributed by atoms with van der Waals surface area (Å²) in [6, 6.07) is 57.6. The highest BCUT2D eigenvalue weighted by Gasteiger charge is 2.36. The van der Waals surface area contributed by atoms with E-state index in [-0.39, 0.29) is 5.41 Å². The zero-order valence-electron chi connectivity index (χ0n) is 29.3. The van der Waals surface area contributed by atoms with Crippen LogP contribution in [0.5, 0.6) is 0 Å². The van der Waals surface area contributed by atoms with Gasteiger partial charge in [-0.05, 0) is 125 Å². The monoisotopic (exact) mass is 676 g/mol. The Labute approximate surface area is 305 Å². The van der Waals surface area contributed by atoms with E-state index < -0.39 is 0 Å². The van der Waals surface area contributed by atoms with E-state index in [0.29, 0.717) is 0 Å². The van der Waals surface area contributed by atoms with Crippen molar-refractivity contribution in [3.8, 4) is 33.4 Å². The van der Waals surface area contributed by atoms with Gasteiger partial charge in [-0.3, -0.25) is 0 Å². The summed E-state index contributed by atoms with van der Waals surface area (Å²) >= 11 is 0. The van der Waals surface area contributed by atoms with E-state index in [1.165, 1.54) is 76.6 Å². The van der Waals surface area contributed by atoms with Gasteiger partial charge in [-0.1, -0.05) is 123 Å². The van der Waals surface area contributed by atoms with Crippen LogP contribution in [0.1, 0.15) is 25.0 Å². The molecule has 11 aromatic rings. The Morgan fingerprint density at radius 2 is 0.887 bits per heavy atom. The molecule has 0 atom stereocenters. The molecule has 1 aliphatic rings. The van der Waals surface area contributed by atoms with Crippen molar-refractivity contribution in [3.63, 3.8) is 0 Å². The first-order valence-electron chi connectivity index (χ1n) is 18.4. The van der Waals surface area contributed by atoms with Crippen LogP contribution in [-0.2, 0) is 5.41 Å². The quantitative estimate of drug-likeness (QED) is 0.170. The first-order chi connectivity index (χ1) is 26.0. The zero-order chi connectivity index (χ0) is 35.0. The van der Waals surface area contributed by atoms with Crippen molar-refractivity contribution in [2.45, 2.75) is 19.3 Å². The number of hydrogen-bond donors (Lipinski definition) is 0. The predicted molar refractivity (Wildman–Crippen MR) is 222 cm³/mol.